The fourth-order valence-corrected chi connectivity index (χ4v) is 3.67. The first-order valence-electron chi connectivity index (χ1n) is 9.64. The number of aliphatic hydroxyl groups is 1. The fourth-order valence-electron chi connectivity index (χ4n) is 3.67. The molecule has 7 nitrogen and oxygen atoms in total. The summed E-state index contributed by atoms with van der Waals surface area (Å²) in [5.41, 5.74) is 3.17. The van der Waals surface area contributed by atoms with Gasteiger partial charge in [0.2, 0.25) is 0 Å². The molecule has 2 N–H and O–H groups in total. The summed E-state index contributed by atoms with van der Waals surface area (Å²) in [5, 5.41) is 15.1. The lowest BCUT2D eigenvalue weighted by Gasteiger charge is -2.20. The van der Waals surface area contributed by atoms with Crippen LogP contribution in [0.25, 0.3) is 27.7 Å². The van der Waals surface area contributed by atoms with Crippen LogP contribution < -0.4 is 5.32 Å². The average Bonchev–Trinajstić information content (AvgIpc) is 3.34. The number of imidazole rings is 2. The molecule has 0 spiro atoms. The van der Waals surface area contributed by atoms with Crippen molar-refractivity contribution in [2.75, 3.05) is 11.9 Å². The summed E-state index contributed by atoms with van der Waals surface area (Å²) < 4.78 is 4.06. The smallest absolute Gasteiger partial charge is 0.148 e. The summed E-state index contributed by atoms with van der Waals surface area (Å²) in [6.45, 7) is 5.12. The number of nitrogens with one attached hydrogen (secondary N) is 1. The number of benzene rings is 1. The molecule has 1 aromatic carbocycles. The second-order valence-corrected chi connectivity index (χ2v) is 7.71. The highest BCUT2D eigenvalue weighted by Crippen LogP contribution is 2.31. The Morgan fingerprint density at radius 3 is 2.72 bits per heavy atom. The Labute approximate surface area is 167 Å². The van der Waals surface area contributed by atoms with E-state index in [1.54, 1.807) is 26.4 Å². The van der Waals surface area contributed by atoms with Crippen molar-refractivity contribution in [2.24, 2.45) is 0 Å². The van der Waals surface area contributed by atoms with E-state index in [9.17, 15) is 5.11 Å². The Morgan fingerprint density at radius 2 is 1.93 bits per heavy atom. The van der Waals surface area contributed by atoms with Gasteiger partial charge in [0.15, 0.2) is 0 Å². The molecule has 0 atom stereocenters. The van der Waals surface area contributed by atoms with Gasteiger partial charge >= 0.3 is 0 Å². The van der Waals surface area contributed by atoms with Gasteiger partial charge in [-0.25, -0.2) is 15.0 Å². The zero-order valence-corrected chi connectivity index (χ0v) is 16.4. The third-order valence-corrected chi connectivity index (χ3v) is 5.11. The first kappa shape index (κ1) is 17.6. The lowest BCUT2D eigenvalue weighted by molar-refractivity contribution is 0.0798. The van der Waals surface area contributed by atoms with E-state index in [1.807, 2.05) is 57.6 Å². The van der Waals surface area contributed by atoms with Crippen LogP contribution in [0, 0.1) is 0 Å². The van der Waals surface area contributed by atoms with Crippen molar-refractivity contribution in [3.63, 3.8) is 0 Å². The molecule has 146 valence electrons. The van der Waals surface area contributed by atoms with Crippen LogP contribution in [0.1, 0.15) is 19.4 Å². The number of fused-ring (bicyclic) bond motifs is 5. The van der Waals surface area contributed by atoms with E-state index in [0.717, 1.165) is 52.2 Å². The van der Waals surface area contributed by atoms with Gasteiger partial charge in [0, 0.05) is 36.4 Å². The van der Waals surface area contributed by atoms with Crippen molar-refractivity contribution >= 4 is 33.5 Å². The number of hydrogen-bond donors (Lipinski definition) is 2. The van der Waals surface area contributed by atoms with Crippen LogP contribution in [0.4, 0.5) is 5.82 Å². The van der Waals surface area contributed by atoms with Gasteiger partial charge in [-0.05, 0) is 44.2 Å². The highest BCUT2D eigenvalue weighted by molar-refractivity contribution is 5.91. The van der Waals surface area contributed by atoms with Gasteiger partial charge in [0.05, 0.1) is 23.0 Å². The molecule has 0 aliphatic rings. The van der Waals surface area contributed by atoms with Crippen molar-refractivity contribution in [1.82, 2.24) is 23.9 Å². The molecule has 5 aromatic rings. The molecule has 0 saturated heterocycles. The van der Waals surface area contributed by atoms with Gasteiger partial charge in [-0.3, -0.25) is 4.40 Å². The Hall–Kier alpha value is -3.45. The van der Waals surface area contributed by atoms with Crippen molar-refractivity contribution in [2.45, 2.75) is 26.0 Å². The van der Waals surface area contributed by atoms with Gasteiger partial charge in [-0.1, -0.05) is 12.1 Å². The van der Waals surface area contributed by atoms with E-state index in [2.05, 4.69) is 10.3 Å². The number of rotatable bonds is 5. The highest BCUT2D eigenvalue weighted by atomic mass is 16.3. The van der Waals surface area contributed by atoms with Crippen molar-refractivity contribution in [3.8, 4) is 0 Å². The van der Waals surface area contributed by atoms with Crippen LogP contribution >= 0.6 is 0 Å². The Balaban J connectivity index is 1.65. The fraction of sp³-hybridized carbons (Fsp3) is 0.227. The molecule has 29 heavy (non-hydrogen) atoms. The van der Waals surface area contributed by atoms with Crippen LogP contribution in [-0.2, 0) is 12.1 Å². The molecule has 0 amide bonds. The van der Waals surface area contributed by atoms with Crippen LogP contribution in [0.3, 0.4) is 0 Å². The highest BCUT2D eigenvalue weighted by Gasteiger charge is 2.24. The Bertz CT molecular complexity index is 1310. The Kier molecular flexibility index (Phi) is 3.99. The summed E-state index contributed by atoms with van der Waals surface area (Å²) in [4.78, 5) is 13.7. The molecule has 4 aromatic heterocycles. The van der Waals surface area contributed by atoms with E-state index in [-0.39, 0.29) is 0 Å². The van der Waals surface area contributed by atoms with Crippen molar-refractivity contribution < 1.29 is 5.11 Å². The summed E-state index contributed by atoms with van der Waals surface area (Å²) in [7, 11) is 0. The quantitative estimate of drug-likeness (QED) is 0.483. The summed E-state index contributed by atoms with van der Waals surface area (Å²) >= 11 is 0. The summed E-state index contributed by atoms with van der Waals surface area (Å²) in [5.74, 6) is 0.799. The standard InChI is InChI=1S/C22H22N6O/c1-22(2,29)16-13-15-7-8-19(24-10-12-27-11-9-23-14-27)26-20(15)28-18-6-4-3-5-17(18)25-21(16)28/h3-9,11,13-14,29H,10,12H2,1-2H3,(H,24,26). The molecule has 5 rings (SSSR count). The summed E-state index contributed by atoms with van der Waals surface area (Å²) in [6.07, 6.45) is 5.51. The first-order valence-corrected chi connectivity index (χ1v) is 9.64. The SMILES string of the molecule is CC(C)(O)c1cc2ccc(NCCn3ccnc3)nc2n2c1nc1ccccc12. The topological polar surface area (TPSA) is 80.3 Å². The Morgan fingerprint density at radius 1 is 1.07 bits per heavy atom. The minimum atomic E-state index is -1.02. The molecule has 0 saturated carbocycles. The normalized spacial score (nSPS) is 12.2. The van der Waals surface area contributed by atoms with E-state index in [1.165, 1.54) is 0 Å². The average molecular weight is 386 g/mol. The van der Waals surface area contributed by atoms with Crippen LogP contribution in [-0.4, -0.2) is 35.6 Å². The van der Waals surface area contributed by atoms with E-state index >= 15 is 0 Å². The van der Waals surface area contributed by atoms with Gasteiger partial charge in [-0.15, -0.1) is 0 Å². The minimum absolute atomic E-state index is 0.731. The molecule has 0 radical (unpaired) electrons. The van der Waals surface area contributed by atoms with Gasteiger partial charge in [0.1, 0.15) is 17.1 Å². The van der Waals surface area contributed by atoms with Crippen LogP contribution in [0.15, 0.2) is 61.2 Å². The molecule has 0 unspecified atom stereocenters. The molecule has 0 fully saturated rings. The zero-order chi connectivity index (χ0) is 20.0. The molecule has 0 aliphatic carbocycles. The minimum Gasteiger partial charge on any atom is -0.386 e. The molecule has 7 heteroatoms. The molecule has 0 bridgehead atoms. The molecule has 4 heterocycles. The maximum Gasteiger partial charge on any atom is 0.148 e. The van der Waals surface area contributed by atoms with Gasteiger partial charge in [-0.2, -0.15) is 0 Å². The number of para-hydroxylation sites is 2. The number of pyridine rings is 2. The molecular weight excluding hydrogens is 364 g/mol. The lowest BCUT2D eigenvalue weighted by atomic mass is 9.98. The first-order chi connectivity index (χ1) is 14.0. The van der Waals surface area contributed by atoms with E-state index in [0.29, 0.717) is 0 Å². The number of hydrogen-bond acceptors (Lipinski definition) is 5. The van der Waals surface area contributed by atoms with E-state index < -0.39 is 5.60 Å². The monoisotopic (exact) mass is 386 g/mol. The van der Waals surface area contributed by atoms with Gasteiger partial charge < -0.3 is 15.0 Å². The maximum atomic E-state index is 10.7. The largest absolute Gasteiger partial charge is 0.386 e. The number of nitrogens with zero attached hydrogens (tertiary/aromatic N) is 5. The predicted molar refractivity (Wildman–Crippen MR) is 114 cm³/mol. The van der Waals surface area contributed by atoms with Crippen molar-refractivity contribution in [1.29, 1.82) is 0 Å². The van der Waals surface area contributed by atoms with E-state index in [4.69, 9.17) is 9.97 Å². The van der Waals surface area contributed by atoms with Gasteiger partial charge in [0.25, 0.3) is 0 Å². The maximum absolute atomic E-state index is 10.7. The second kappa shape index (κ2) is 6.56. The summed E-state index contributed by atoms with van der Waals surface area (Å²) in [6, 6.07) is 14.0. The number of anilines is 1. The molecular formula is C22H22N6O. The lowest BCUT2D eigenvalue weighted by Crippen LogP contribution is -2.17. The second-order valence-electron chi connectivity index (χ2n) is 7.71. The van der Waals surface area contributed by atoms with Crippen LogP contribution in [0.2, 0.25) is 0 Å². The number of aromatic nitrogens is 5. The molecule has 0 aliphatic heterocycles. The predicted octanol–water partition coefficient (Wildman–Crippen LogP) is 3.57. The zero-order valence-electron chi connectivity index (χ0n) is 16.4. The third kappa shape index (κ3) is 3.09. The van der Waals surface area contributed by atoms with Crippen LogP contribution in [0.5, 0.6) is 0 Å². The van der Waals surface area contributed by atoms with Crippen molar-refractivity contribution in [3.05, 3.63) is 66.7 Å². The third-order valence-electron chi connectivity index (χ3n) is 5.11.